The van der Waals surface area contributed by atoms with Gasteiger partial charge in [0.25, 0.3) is 0 Å². The van der Waals surface area contributed by atoms with Crippen LogP contribution in [0.2, 0.25) is 0 Å². The number of urea groups is 1. The molecule has 2 amide bonds. The van der Waals surface area contributed by atoms with E-state index in [0.717, 1.165) is 0 Å². The first kappa shape index (κ1) is 17.6. The molecular weight excluding hydrogens is 308 g/mol. The molecule has 0 saturated heterocycles. The number of rotatable bonds is 8. The minimum absolute atomic E-state index is 0.231. The molecule has 0 radical (unpaired) electrons. The summed E-state index contributed by atoms with van der Waals surface area (Å²) in [5, 5.41) is 15.5. The fourth-order valence-corrected chi connectivity index (χ4v) is 2.20. The zero-order valence-corrected chi connectivity index (χ0v) is 13.6. The van der Waals surface area contributed by atoms with Gasteiger partial charge in [-0.3, -0.25) is 0 Å². The van der Waals surface area contributed by atoms with Gasteiger partial charge in [0.2, 0.25) is 0 Å². The van der Waals surface area contributed by atoms with Gasteiger partial charge in [0.15, 0.2) is 0 Å². The Kier molecular flexibility index (Phi) is 6.45. The summed E-state index contributed by atoms with van der Waals surface area (Å²) in [6.45, 7) is 5.80. The van der Waals surface area contributed by atoms with Gasteiger partial charge in [-0.1, -0.05) is 18.7 Å². The third-order valence-corrected chi connectivity index (χ3v) is 3.29. The van der Waals surface area contributed by atoms with Crippen molar-refractivity contribution in [2.24, 2.45) is 0 Å². The predicted molar refractivity (Wildman–Crippen MR) is 92.0 cm³/mol. The molecule has 1 aromatic carbocycles. The molecule has 0 aliphatic carbocycles. The van der Waals surface area contributed by atoms with E-state index in [-0.39, 0.29) is 12.1 Å². The van der Waals surface area contributed by atoms with Crippen LogP contribution in [0.15, 0.2) is 59.7 Å². The number of ether oxygens (including phenoxy) is 1. The minimum atomic E-state index is -0.758. The molecule has 1 heterocycles. The van der Waals surface area contributed by atoms with Crippen LogP contribution in [-0.4, -0.2) is 23.8 Å². The fourth-order valence-electron chi connectivity index (χ4n) is 2.20. The third kappa shape index (κ3) is 5.48. The van der Waals surface area contributed by atoms with Crippen molar-refractivity contribution < 1.29 is 19.1 Å². The molecule has 3 N–H and O–H groups in total. The molecule has 6 nitrogen and oxygen atoms in total. The van der Waals surface area contributed by atoms with Crippen molar-refractivity contribution in [2.75, 3.05) is 11.9 Å². The van der Waals surface area contributed by atoms with Gasteiger partial charge in [0, 0.05) is 24.2 Å². The van der Waals surface area contributed by atoms with Crippen molar-refractivity contribution in [3.63, 3.8) is 0 Å². The van der Waals surface area contributed by atoms with Crippen LogP contribution in [0.1, 0.15) is 25.2 Å². The summed E-state index contributed by atoms with van der Waals surface area (Å²) in [4.78, 5) is 12.0. The number of hydrogen-bond acceptors (Lipinski definition) is 4. The molecule has 128 valence electrons. The standard InChI is InChI=1S/C18H22N2O4/c1-3-9-23-15-7-4-6-14(12-15)20-18(22)19-13(2)11-16(21)17-8-5-10-24-17/h3-8,10,12-13,16,21H,1,9,11H2,2H3,(H2,19,20,22). The quantitative estimate of drug-likeness (QED) is 0.647. The van der Waals surface area contributed by atoms with Crippen LogP contribution >= 0.6 is 0 Å². The van der Waals surface area contributed by atoms with Crippen molar-refractivity contribution in [2.45, 2.75) is 25.5 Å². The second-order valence-electron chi connectivity index (χ2n) is 5.39. The van der Waals surface area contributed by atoms with E-state index in [2.05, 4.69) is 17.2 Å². The fraction of sp³-hybridized carbons (Fsp3) is 0.278. The van der Waals surface area contributed by atoms with Crippen molar-refractivity contribution >= 4 is 11.7 Å². The highest BCUT2D eigenvalue weighted by Gasteiger charge is 2.16. The highest BCUT2D eigenvalue weighted by molar-refractivity contribution is 5.89. The number of furan rings is 1. The Morgan fingerprint density at radius 3 is 2.96 bits per heavy atom. The number of aliphatic hydroxyl groups excluding tert-OH is 1. The number of carbonyl (C=O) groups excluding carboxylic acids is 1. The van der Waals surface area contributed by atoms with E-state index in [9.17, 15) is 9.90 Å². The van der Waals surface area contributed by atoms with Crippen LogP contribution in [0.25, 0.3) is 0 Å². The molecule has 0 aliphatic heterocycles. The summed E-state index contributed by atoms with van der Waals surface area (Å²) < 4.78 is 10.6. The number of nitrogens with one attached hydrogen (secondary N) is 2. The van der Waals surface area contributed by atoms with E-state index in [0.29, 0.717) is 30.2 Å². The Morgan fingerprint density at radius 2 is 2.25 bits per heavy atom. The van der Waals surface area contributed by atoms with E-state index in [1.54, 1.807) is 42.5 Å². The average Bonchev–Trinajstić information content (AvgIpc) is 3.07. The molecule has 0 bridgehead atoms. The Balaban J connectivity index is 1.82. The maximum atomic E-state index is 12.0. The lowest BCUT2D eigenvalue weighted by molar-refractivity contribution is 0.130. The second-order valence-corrected chi connectivity index (χ2v) is 5.39. The molecule has 0 saturated carbocycles. The number of anilines is 1. The van der Waals surface area contributed by atoms with E-state index >= 15 is 0 Å². The summed E-state index contributed by atoms with van der Waals surface area (Å²) >= 11 is 0. The summed E-state index contributed by atoms with van der Waals surface area (Å²) in [6, 6.07) is 9.92. The zero-order chi connectivity index (χ0) is 17.4. The van der Waals surface area contributed by atoms with E-state index < -0.39 is 6.10 Å². The van der Waals surface area contributed by atoms with Crippen molar-refractivity contribution in [1.82, 2.24) is 5.32 Å². The van der Waals surface area contributed by atoms with Gasteiger partial charge in [0.1, 0.15) is 24.2 Å². The van der Waals surface area contributed by atoms with Crippen molar-refractivity contribution in [3.05, 3.63) is 61.1 Å². The third-order valence-electron chi connectivity index (χ3n) is 3.29. The predicted octanol–water partition coefficient (Wildman–Crippen LogP) is 3.48. The topological polar surface area (TPSA) is 83.7 Å². The largest absolute Gasteiger partial charge is 0.489 e. The number of carbonyl (C=O) groups is 1. The van der Waals surface area contributed by atoms with Gasteiger partial charge in [-0.05, 0) is 31.2 Å². The molecule has 0 aliphatic rings. The van der Waals surface area contributed by atoms with E-state index in [1.165, 1.54) is 6.26 Å². The van der Waals surface area contributed by atoms with Crippen LogP contribution in [-0.2, 0) is 0 Å². The summed E-state index contributed by atoms with van der Waals surface area (Å²) in [5.41, 5.74) is 0.618. The minimum Gasteiger partial charge on any atom is -0.489 e. The monoisotopic (exact) mass is 330 g/mol. The normalized spacial score (nSPS) is 12.9. The summed E-state index contributed by atoms with van der Waals surface area (Å²) in [6.07, 6.45) is 2.75. The first-order valence-electron chi connectivity index (χ1n) is 7.71. The summed E-state index contributed by atoms with van der Waals surface area (Å²) in [5.74, 6) is 1.13. The van der Waals surface area contributed by atoms with Crippen LogP contribution in [0.3, 0.4) is 0 Å². The lowest BCUT2D eigenvalue weighted by Crippen LogP contribution is -2.37. The molecule has 0 fully saturated rings. The Bertz CT molecular complexity index is 655. The van der Waals surface area contributed by atoms with Crippen molar-refractivity contribution in [3.8, 4) is 5.75 Å². The van der Waals surface area contributed by atoms with Gasteiger partial charge in [-0.25, -0.2) is 4.79 Å². The number of benzene rings is 1. The smallest absolute Gasteiger partial charge is 0.319 e. The molecule has 2 unspecified atom stereocenters. The molecule has 6 heteroatoms. The highest BCUT2D eigenvalue weighted by atomic mass is 16.5. The van der Waals surface area contributed by atoms with Gasteiger partial charge in [-0.15, -0.1) is 0 Å². The number of aliphatic hydroxyl groups is 1. The first-order valence-corrected chi connectivity index (χ1v) is 7.71. The Morgan fingerprint density at radius 1 is 1.42 bits per heavy atom. The second kappa shape index (κ2) is 8.79. The lowest BCUT2D eigenvalue weighted by atomic mass is 10.1. The highest BCUT2D eigenvalue weighted by Crippen LogP contribution is 2.19. The molecule has 2 atom stereocenters. The maximum absolute atomic E-state index is 12.0. The zero-order valence-electron chi connectivity index (χ0n) is 13.6. The molecule has 1 aromatic heterocycles. The molecule has 24 heavy (non-hydrogen) atoms. The van der Waals surface area contributed by atoms with Gasteiger partial charge >= 0.3 is 6.03 Å². The summed E-state index contributed by atoms with van der Waals surface area (Å²) in [7, 11) is 0. The van der Waals surface area contributed by atoms with Gasteiger partial charge < -0.3 is 24.9 Å². The average molecular weight is 330 g/mol. The molecule has 2 rings (SSSR count). The van der Waals surface area contributed by atoms with Crippen LogP contribution in [0.4, 0.5) is 10.5 Å². The number of hydrogen-bond donors (Lipinski definition) is 3. The van der Waals surface area contributed by atoms with Crippen LogP contribution < -0.4 is 15.4 Å². The van der Waals surface area contributed by atoms with Crippen LogP contribution in [0, 0.1) is 0 Å². The molecule has 2 aromatic rings. The SMILES string of the molecule is C=CCOc1cccc(NC(=O)NC(C)CC(O)c2ccco2)c1. The van der Waals surface area contributed by atoms with E-state index in [1.807, 2.05) is 6.92 Å². The first-order chi connectivity index (χ1) is 11.6. The number of amides is 2. The van der Waals surface area contributed by atoms with Crippen molar-refractivity contribution in [1.29, 1.82) is 0 Å². The van der Waals surface area contributed by atoms with Gasteiger partial charge in [0.05, 0.1) is 6.26 Å². The van der Waals surface area contributed by atoms with Gasteiger partial charge in [-0.2, -0.15) is 0 Å². The Hall–Kier alpha value is -2.73. The molecular formula is C18H22N2O4. The van der Waals surface area contributed by atoms with Crippen LogP contribution in [0.5, 0.6) is 5.75 Å². The maximum Gasteiger partial charge on any atom is 0.319 e. The lowest BCUT2D eigenvalue weighted by Gasteiger charge is -2.17. The van der Waals surface area contributed by atoms with E-state index in [4.69, 9.17) is 9.15 Å². The molecule has 0 spiro atoms. The Labute approximate surface area is 141 Å².